The Labute approximate surface area is 159 Å². The quantitative estimate of drug-likeness (QED) is 0.607. The van der Waals surface area contributed by atoms with E-state index in [1.807, 2.05) is 32.0 Å². The van der Waals surface area contributed by atoms with Gasteiger partial charge in [0.25, 0.3) is 5.91 Å². The number of thiocarbonyl (C=S) groups is 1. The van der Waals surface area contributed by atoms with E-state index < -0.39 is 0 Å². The molecule has 2 aromatic rings. The lowest BCUT2D eigenvalue weighted by molar-refractivity contribution is -0.113. The van der Waals surface area contributed by atoms with Gasteiger partial charge in [-0.2, -0.15) is 5.10 Å². The lowest BCUT2D eigenvalue weighted by Crippen LogP contribution is -2.30. The summed E-state index contributed by atoms with van der Waals surface area (Å²) in [5.41, 5.74) is 2.60. The number of rotatable bonds is 4. The fourth-order valence-corrected chi connectivity index (χ4v) is 3.31. The van der Waals surface area contributed by atoms with Crippen molar-refractivity contribution < 1.29 is 9.53 Å². The van der Waals surface area contributed by atoms with Crippen LogP contribution >= 0.6 is 28.1 Å². The van der Waals surface area contributed by atoms with Crippen LogP contribution in [0, 0.1) is 6.92 Å². The molecule has 1 aromatic heterocycles. The maximum Gasteiger partial charge on any atom is 0.281 e. The van der Waals surface area contributed by atoms with E-state index >= 15 is 0 Å². The molecule has 0 radical (unpaired) electrons. The Balaban J connectivity index is 1.99. The van der Waals surface area contributed by atoms with Gasteiger partial charge in [-0.05, 0) is 50.3 Å². The van der Waals surface area contributed by atoms with E-state index in [9.17, 15) is 4.79 Å². The van der Waals surface area contributed by atoms with E-state index in [0.717, 1.165) is 15.7 Å². The van der Waals surface area contributed by atoms with E-state index in [2.05, 4.69) is 26.3 Å². The van der Waals surface area contributed by atoms with E-state index in [1.165, 1.54) is 4.90 Å². The average molecular weight is 421 g/mol. The van der Waals surface area contributed by atoms with Gasteiger partial charge in [-0.25, -0.2) is 4.90 Å². The van der Waals surface area contributed by atoms with Gasteiger partial charge >= 0.3 is 0 Å². The van der Waals surface area contributed by atoms with Crippen molar-refractivity contribution in [3.05, 3.63) is 45.8 Å². The summed E-state index contributed by atoms with van der Waals surface area (Å²) in [5, 5.41) is 7.59. The second kappa shape index (κ2) is 6.97. The summed E-state index contributed by atoms with van der Waals surface area (Å²) in [7, 11) is 1.81. The zero-order valence-electron chi connectivity index (χ0n) is 14.0. The van der Waals surface area contributed by atoms with Gasteiger partial charge in [-0.15, -0.1) is 0 Å². The van der Waals surface area contributed by atoms with E-state index in [-0.39, 0.29) is 5.91 Å². The molecule has 0 bridgehead atoms. The van der Waals surface area contributed by atoms with Gasteiger partial charge in [0.1, 0.15) is 11.4 Å². The predicted molar refractivity (Wildman–Crippen MR) is 104 cm³/mol. The molecule has 1 saturated heterocycles. The minimum atomic E-state index is -0.219. The second-order valence-corrected chi connectivity index (χ2v) is 6.82. The largest absolute Gasteiger partial charge is 0.493 e. The average Bonchev–Trinajstić information content (AvgIpc) is 3.01. The fourth-order valence-electron chi connectivity index (χ4n) is 2.64. The summed E-state index contributed by atoms with van der Waals surface area (Å²) in [5.74, 6) is 0.484. The number of ether oxygens (including phenoxy) is 1. The highest BCUT2D eigenvalue weighted by Crippen LogP contribution is 2.29. The number of aryl methyl sites for hydroxylation is 2. The summed E-state index contributed by atoms with van der Waals surface area (Å²) in [6.07, 6.45) is 3.52. The maximum atomic E-state index is 12.9. The van der Waals surface area contributed by atoms with Crippen molar-refractivity contribution >= 4 is 50.9 Å². The molecule has 25 heavy (non-hydrogen) atoms. The minimum absolute atomic E-state index is 0.219. The molecule has 8 heteroatoms. The molecular weight excluding hydrogens is 404 g/mol. The Morgan fingerprint density at radius 1 is 1.44 bits per heavy atom. The molecule has 0 aliphatic carbocycles. The Bertz CT molecular complexity index is 891. The Kier molecular flexibility index (Phi) is 4.91. The fraction of sp³-hybridized carbons (Fsp3) is 0.235. The van der Waals surface area contributed by atoms with Crippen LogP contribution in [0.1, 0.15) is 18.2 Å². The number of carbonyl (C=O) groups excluding carboxylic acids is 1. The highest BCUT2D eigenvalue weighted by Gasteiger charge is 2.34. The molecule has 0 saturated carbocycles. The Morgan fingerprint density at radius 3 is 2.84 bits per heavy atom. The highest BCUT2D eigenvalue weighted by atomic mass is 79.9. The molecule has 0 atom stereocenters. The number of nitrogens with one attached hydrogen (secondary N) is 1. The molecule has 1 aliphatic heterocycles. The van der Waals surface area contributed by atoms with Crippen LogP contribution in [0.25, 0.3) is 6.08 Å². The van der Waals surface area contributed by atoms with Gasteiger partial charge in [-0.1, -0.05) is 15.9 Å². The summed E-state index contributed by atoms with van der Waals surface area (Å²) >= 11 is 8.79. The number of amides is 1. The van der Waals surface area contributed by atoms with Crippen molar-refractivity contribution in [2.75, 3.05) is 11.5 Å². The van der Waals surface area contributed by atoms with Crippen LogP contribution in [0.4, 0.5) is 5.69 Å². The maximum absolute atomic E-state index is 12.9. The van der Waals surface area contributed by atoms with Crippen LogP contribution < -0.4 is 15.0 Å². The zero-order valence-corrected chi connectivity index (χ0v) is 16.4. The third kappa shape index (κ3) is 3.45. The number of halogens is 1. The molecule has 1 N–H and O–H groups in total. The van der Waals surface area contributed by atoms with Crippen molar-refractivity contribution in [2.24, 2.45) is 7.05 Å². The van der Waals surface area contributed by atoms with E-state index in [4.69, 9.17) is 17.0 Å². The standard InChI is InChI=1S/C17H17BrN4O2S/c1-4-24-15-6-5-12(18)7-11(15)8-13-16(23)22(17(25)19-13)14-9-21(3)20-10(14)2/h5-9H,4H2,1-3H3,(H,19,25)/b13-8+. The summed E-state index contributed by atoms with van der Waals surface area (Å²) < 4.78 is 8.19. The summed E-state index contributed by atoms with van der Waals surface area (Å²) in [4.78, 5) is 14.3. The van der Waals surface area contributed by atoms with Crippen molar-refractivity contribution in [1.82, 2.24) is 15.1 Å². The van der Waals surface area contributed by atoms with Crippen LogP contribution in [0.3, 0.4) is 0 Å². The van der Waals surface area contributed by atoms with Crippen LogP contribution in [0.5, 0.6) is 5.75 Å². The first-order valence-corrected chi connectivity index (χ1v) is 8.90. The smallest absolute Gasteiger partial charge is 0.281 e. The van der Waals surface area contributed by atoms with Crippen molar-refractivity contribution in [3.8, 4) is 5.75 Å². The molecule has 1 aromatic carbocycles. The predicted octanol–water partition coefficient (Wildman–Crippen LogP) is 3.15. The third-order valence-electron chi connectivity index (χ3n) is 3.68. The van der Waals surface area contributed by atoms with Gasteiger partial charge in [0.2, 0.25) is 0 Å². The Morgan fingerprint density at radius 2 is 2.20 bits per heavy atom. The number of benzene rings is 1. The molecule has 1 fully saturated rings. The van der Waals surface area contributed by atoms with Gasteiger partial charge in [-0.3, -0.25) is 9.48 Å². The normalized spacial score (nSPS) is 15.8. The van der Waals surface area contributed by atoms with Crippen molar-refractivity contribution in [3.63, 3.8) is 0 Å². The first-order chi connectivity index (χ1) is 11.9. The zero-order chi connectivity index (χ0) is 18.1. The first-order valence-electron chi connectivity index (χ1n) is 7.70. The van der Waals surface area contributed by atoms with Crippen LogP contribution in [0.15, 0.2) is 34.6 Å². The molecule has 6 nitrogen and oxygen atoms in total. The minimum Gasteiger partial charge on any atom is -0.493 e. The van der Waals surface area contributed by atoms with Crippen LogP contribution in [-0.2, 0) is 11.8 Å². The number of aromatic nitrogens is 2. The van der Waals surface area contributed by atoms with Gasteiger partial charge in [0, 0.05) is 23.3 Å². The van der Waals surface area contributed by atoms with Crippen LogP contribution in [-0.4, -0.2) is 27.4 Å². The number of anilines is 1. The van der Waals surface area contributed by atoms with Gasteiger partial charge < -0.3 is 10.1 Å². The SMILES string of the molecule is CCOc1ccc(Br)cc1/C=C1/NC(=S)N(c2cn(C)nc2C)C1=O. The highest BCUT2D eigenvalue weighted by molar-refractivity contribution is 9.10. The summed E-state index contributed by atoms with van der Waals surface area (Å²) in [6, 6.07) is 5.65. The number of hydrogen-bond acceptors (Lipinski definition) is 4. The topological polar surface area (TPSA) is 59.4 Å². The lowest BCUT2D eigenvalue weighted by atomic mass is 10.1. The van der Waals surface area contributed by atoms with Crippen molar-refractivity contribution in [2.45, 2.75) is 13.8 Å². The molecule has 2 heterocycles. The van der Waals surface area contributed by atoms with Crippen LogP contribution in [0.2, 0.25) is 0 Å². The van der Waals surface area contributed by atoms with Crippen molar-refractivity contribution in [1.29, 1.82) is 0 Å². The third-order valence-corrected chi connectivity index (χ3v) is 4.46. The molecule has 3 rings (SSSR count). The summed E-state index contributed by atoms with van der Waals surface area (Å²) in [6.45, 7) is 4.30. The molecule has 1 aliphatic rings. The van der Waals surface area contributed by atoms with Gasteiger partial charge in [0.15, 0.2) is 5.11 Å². The molecule has 0 unspecified atom stereocenters. The molecule has 0 spiro atoms. The number of nitrogens with zero attached hydrogens (tertiary/aromatic N) is 3. The monoisotopic (exact) mass is 420 g/mol. The first kappa shape index (κ1) is 17.6. The molecule has 1 amide bonds. The molecular formula is C17H17BrN4O2S. The second-order valence-electron chi connectivity index (χ2n) is 5.52. The number of carbonyl (C=O) groups is 1. The number of hydrogen-bond donors (Lipinski definition) is 1. The van der Waals surface area contributed by atoms with Gasteiger partial charge in [0.05, 0.1) is 18.0 Å². The Hall–Kier alpha value is -2.19. The molecule has 130 valence electrons. The van der Waals surface area contributed by atoms with E-state index in [1.54, 1.807) is 24.0 Å². The lowest BCUT2D eigenvalue weighted by Gasteiger charge is -2.12. The van der Waals surface area contributed by atoms with E-state index in [0.29, 0.717) is 28.9 Å².